The van der Waals surface area contributed by atoms with Crippen molar-refractivity contribution in [2.45, 2.75) is 72.4 Å². The summed E-state index contributed by atoms with van der Waals surface area (Å²) in [6.07, 6.45) is 1.23. The van der Waals surface area contributed by atoms with Crippen LogP contribution in [-0.4, -0.2) is 34.8 Å². The summed E-state index contributed by atoms with van der Waals surface area (Å²) in [6.45, 7) is 13.4. The van der Waals surface area contributed by atoms with Gasteiger partial charge in [0.15, 0.2) is 0 Å². The van der Waals surface area contributed by atoms with Gasteiger partial charge in [-0.1, -0.05) is 25.5 Å². The van der Waals surface area contributed by atoms with Crippen LogP contribution in [0.5, 0.6) is 5.75 Å². The number of nitrogens with one attached hydrogen (secondary N) is 1. The van der Waals surface area contributed by atoms with Crippen molar-refractivity contribution in [3.63, 3.8) is 0 Å². The van der Waals surface area contributed by atoms with Gasteiger partial charge in [0.05, 0.1) is 17.7 Å². The number of benzene rings is 1. The van der Waals surface area contributed by atoms with Gasteiger partial charge in [0, 0.05) is 0 Å². The van der Waals surface area contributed by atoms with E-state index in [2.05, 4.69) is 12.3 Å². The van der Waals surface area contributed by atoms with Gasteiger partial charge in [-0.05, 0) is 60.1 Å². The van der Waals surface area contributed by atoms with Gasteiger partial charge >= 0.3 is 6.09 Å². The monoisotopic (exact) mass is 364 g/mol. The number of hydrazine groups is 1. The first-order valence-electron chi connectivity index (χ1n) is 9.01. The van der Waals surface area contributed by atoms with Crippen LogP contribution < -0.4 is 10.2 Å². The summed E-state index contributed by atoms with van der Waals surface area (Å²) in [5, 5.41) is 1.28. The second-order valence-corrected chi connectivity index (χ2v) is 8.12. The van der Waals surface area contributed by atoms with Gasteiger partial charge < -0.3 is 9.47 Å². The molecule has 0 aliphatic heterocycles. The van der Waals surface area contributed by atoms with E-state index in [1.807, 2.05) is 26.8 Å². The molecule has 0 bridgehead atoms. The molecule has 6 nitrogen and oxygen atoms in total. The Labute approximate surface area is 156 Å². The number of hydrogen-bond acceptors (Lipinski definition) is 4. The highest BCUT2D eigenvalue weighted by molar-refractivity contribution is 5.98. The molecule has 1 rings (SSSR count). The van der Waals surface area contributed by atoms with E-state index >= 15 is 0 Å². The third-order valence-corrected chi connectivity index (χ3v) is 3.35. The van der Waals surface area contributed by atoms with Gasteiger partial charge in [-0.2, -0.15) is 0 Å². The van der Waals surface area contributed by atoms with Crippen molar-refractivity contribution >= 4 is 12.0 Å². The SMILES string of the molecule is CCCCOc1ccccc1C(=O)N(NC(=O)OC(C)(C)C)C(C)(C)C. The lowest BCUT2D eigenvalue weighted by Gasteiger charge is -2.36. The Kier molecular flexibility index (Phi) is 7.48. The Morgan fingerprint density at radius 3 is 2.23 bits per heavy atom. The predicted octanol–water partition coefficient (Wildman–Crippen LogP) is 4.55. The number of rotatable bonds is 5. The number of para-hydroxylation sites is 1. The largest absolute Gasteiger partial charge is 0.493 e. The maximum atomic E-state index is 13.1. The van der Waals surface area contributed by atoms with Gasteiger partial charge in [0.25, 0.3) is 5.91 Å². The summed E-state index contributed by atoms with van der Waals surface area (Å²) < 4.78 is 11.0. The van der Waals surface area contributed by atoms with E-state index in [-0.39, 0.29) is 5.91 Å². The number of carbonyl (C=O) groups excluding carboxylic acids is 2. The highest BCUT2D eigenvalue weighted by Gasteiger charge is 2.32. The van der Waals surface area contributed by atoms with Crippen molar-refractivity contribution in [3.05, 3.63) is 29.8 Å². The first kappa shape index (κ1) is 21.8. The van der Waals surface area contributed by atoms with Crippen molar-refractivity contribution < 1.29 is 19.1 Å². The Morgan fingerprint density at radius 1 is 1.08 bits per heavy atom. The molecule has 0 fully saturated rings. The van der Waals surface area contributed by atoms with E-state index in [0.29, 0.717) is 17.9 Å². The zero-order valence-corrected chi connectivity index (χ0v) is 17.0. The van der Waals surface area contributed by atoms with E-state index in [4.69, 9.17) is 9.47 Å². The Bertz CT molecular complexity index is 615. The van der Waals surface area contributed by atoms with Crippen LogP contribution in [0, 0.1) is 0 Å². The number of amides is 2. The summed E-state index contributed by atoms with van der Waals surface area (Å²) in [5.41, 5.74) is 1.67. The lowest BCUT2D eigenvalue weighted by Crippen LogP contribution is -2.56. The van der Waals surface area contributed by atoms with Crippen molar-refractivity contribution in [2.75, 3.05) is 6.61 Å². The molecule has 0 radical (unpaired) electrons. The number of nitrogens with zero attached hydrogens (tertiary/aromatic N) is 1. The molecule has 0 heterocycles. The van der Waals surface area contributed by atoms with Crippen molar-refractivity contribution in [1.29, 1.82) is 0 Å². The van der Waals surface area contributed by atoms with Gasteiger partial charge in [0.2, 0.25) is 0 Å². The lowest BCUT2D eigenvalue weighted by molar-refractivity contribution is 0.0116. The first-order valence-corrected chi connectivity index (χ1v) is 9.01. The molecule has 26 heavy (non-hydrogen) atoms. The maximum absolute atomic E-state index is 13.1. The predicted molar refractivity (Wildman–Crippen MR) is 102 cm³/mol. The second kappa shape index (κ2) is 8.92. The molecule has 0 spiro atoms. The molecular weight excluding hydrogens is 332 g/mol. The summed E-state index contributed by atoms with van der Waals surface area (Å²) in [7, 11) is 0. The lowest BCUT2D eigenvalue weighted by atomic mass is 10.1. The highest BCUT2D eigenvalue weighted by Crippen LogP contribution is 2.23. The fourth-order valence-electron chi connectivity index (χ4n) is 2.13. The molecule has 1 N–H and O–H groups in total. The fourth-order valence-corrected chi connectivity index (χ4v) is 2.13. The molecule has 1 aromatic carbocycles. The summed E-state index contributed by atoms with van der Waals surface area (Å²) in [4.78, 5) is 25.3. The van der Waals surface area contributed by atoms with Gasteiger partial charge in [-0.3, -0.25) is 4.79 Å². The van der Waals surface area contributed by atoms with E-state index in [0.717, 1.165) is 12.8 Å². The van der Waals surface area contributed by atoms with Crippen LogP contribution in [0.4, 0.5) is 4.79 Å². The summed E-state index contributed by atoms with van der Waals surface area (Å²) in [5.74, 6) is 0.154. The molecule has 0 saturated heterocycles. The Morgan fingerprint density at radius 2 is 1.69 bits per heavy atom. The van der Waals surface area contributed by atoms with Gasteiger partial charge in [-0.25, -0.2) is 15.2 Å². The van der Waals surface area contributed by atoms with Gasteiger partial charge in [-0.15, -0.1) is 0 Å². The minimum atomic E-state index is -0.676. The molecule has 6 heteroatoms. The number of hydrogen-bond donors (Lipinski definition) is 1. The fraction of sp³-hybridized carbons (Fsp3) is 0.600. The molecule has 0 unspecified atom stereocenters. The third-order valence-electron chi connectivity index (χ3n) is 3.35. The molecule has 146 valence electrons. The summed E-state index contributed by atoms with van der Waals surface area (Å²) in [6, 6.07) is 7.05. The zero-order chi connectivity index (χ0) is 20.0. The molecule has 0 aliphatic carbocycles. The van der Waals surface area contributed by atoms with E-state index in [1.54, 1.807) is 39.0 Å². The number of ether oxygens (including phenoxy) is 2. The highest BCUT2D eigenvalue weighted by atomic mass is 16.6. The van der Waals surface area contributed by atoms with E-state index < -0.39 is 17.2 Å². The van der Waals surface area contributed by atoms with Crippen LogP contribution in [0.3, 0.4) is 0 Å². The minimum absolute atomic E-state index is 0.351. The van der Waals surface area contributed by atoms with Gasteiger partial charge in [0.1, 0.15) is 11.4 Å². The number of unbranched alkanes of at least 4 members (excludes halogenated alkanes) is 1. The van der Waals surface area contributed by atoms with Crippen LogP contribution >= 0.6 is 0 Å². The van der Waals surface area contributed by atoms with E-state index in [1.165, 1.54) is 5.01 Å². The molecule has 0 aromatic heterocycles. The molecule has 2 amide bonds. The Balaban J connectivity index is 3.05. The van der Waals surface area contributed by atoms with Crippen LogP contribution in [-0.2, 0) is 4.74 Å². The second-order valence-electron chi connectivity index (χ2n) is 8.12. The molecular formula is C20H32N2O4. The van der Waals surface area contributed by atoms with Crippen molar-refractivity contribution in [3.8, 4) is 5.75 Å². The topological polar surface area (TPSA) is 67.9 Å². The average Bonchev–Trinajstić information content (AvgIpc) is 2.50. The Hall–Kier alpha value is -2.24. The van der Waals surface area contributed by atoms with Crippen LogP contribution in [0.1, 0.15) is 71.7 Å². The normalized spacial score (nSPS) is 11.7. The smallest absolute Gasteiger partial charge is 0.426 e. The van der Waals surface area contributed by atoms with Crippen LogP contribution in [0.15, 0.2) is 24.3 Å². The van der Waals surface area contributed by atoms with Crippen molar-refractivity contribution in [1.82, 2.24) is 10.4 Å². The minimum Gasteiger partial charge on any atom is -0.493 e. The third kappa shape index (κ3) is 6.94. The standard InChI is InChI=1S/C20H32N2O4/c1-8-9-14-25-16-13-11-10-12-15(16)17(23)22(19(2,3)4)21-18(24)26-20(5,6)7/h10-13H,8-9,14H2,1-7H3,(H,21,24). The first-order chi connectivity index (χ1) is 12.0. The molecule has 0 saturated carbocycles. The van der Waals surface area contributed by atoms with Crippen LogP contribution in [0.2, 0.25) is 0 Å². The molecule has 1 aromatic rings. The average molecular weight is 364 g/mol. The number of carbonyl (C=O) groups is 2. The molecule has 0 atom stereocenters. The quantitative estimate of drug-likeness (QED) is 0.615. The molecule has 0 aliphatic rings. The summed E-state index contributed by atoms with van der Waals surface area (Å²) >= 11 is 0. The zero-order valence-electron chi connectivity index (χ0n) is 17.0. The van der Waals surface area contributed by atoms with Crippen molar-refractivity contribution in [2.24, 2.45) is 0 Å². The van der Waals surface area contributed by atoms with E-state index in [9.17, 15) is 9.59 Å². The van der Waals surface area contributed by atoms with Crippen LogP contribution in [0.25, 0.3) is 0 Å². The maximum Gasteiger partial charge on any atom is 0.426 e.